The molecule has 2 aliphatic carbocycles. The molecule has 0 saturated carbocycles. The second-order valence-electron chi connectivity index (χ2n) is 7.00. The van der Waals surface area contributed by atoms with Crippen molar-refractivity contribution in [3.8, 4) is 0 Å². The highest BCUT2D eigenvalue weighted by Crippen LogP contribution is 2.56. The maximum atomic E-state index is 13.3. The number of carbonyl (C=O) groups excluding carboxylic acids is 3. The molecule has 1 spiro atoms. The largest absolute Gasteiger partial charge is 0.465 e. The lowest BCUT2D eigenvalue weighted by atomic mass is 9.62. The van der Waals surface area contributed by atoms with Crippen molar-refractivity contribution in [2.75, 3.05) is 5.32 Å². The SMILES string of the molecule is O=C1CCCC2=C1C1(C(=O)Nc3ccccc31)C1=C(CCCC1=O)O2. The Labute approximate surface area is 144 Å². The molecule has 0 fully saturated rings. The topological polar surface area (TPSA) is 72.5 Å². The van der Waals surface area contributed by atoms with Crippen molar-refractivity contribution in [2.24, 2.45) is 0 Å². The fourth-order valence-corrected chi connectivity index (χ4v) is 4.70. The van der Waals surface area contributed by atoms with E-state index in [4.69, 9.17) is 4.74 Å². The molecule has 1 amide bonds. The van der Waals surface area contributed by atoms with Crippen LogP contribution in [-0.2, 0) is 24.5 Å². The van der Waals surface area contributed by atoms with E-state index in [0.29, 0.717) is 72.4 Å². The number of para-hydroxylation sites is 1. The summed E-state index contributed by atoms with van der Waals surface area (Å²) in [6, 6.07) is 7.35. The number of carbonyl (C=O) groups is 3. The molecule has 4 aliphatic rings. The molecule has 0 unspecified atom stereocenters. The summed E-state index contributed by atoms with van der Waals surface area (Å²) < 4.78 is 6.02. The predicted molar refractivity (Wildman–Crippen MR) is 89.6 cm³/mol. The number of rotatable bonds is 0. The third kappa shape index (κ3) is 1.70. The highest BCUT2D eigenvalue weighted by molar-refractivity contribution is 6.23. The number of hydrogen-bond donors (Lipinski definition) is 1. The summed E-state index contributed by atoms with van der Waals surface area (Å²) in [5.41, 5.74) is 0.818. The molecule has 126 valence electrons. The smallest absolute Gasteiger partial charge is 0.244 e. The van der Waals surface area contributed by atoms with Crippen molar-refractivity contribution in [1.29, 1.82) is 0 Å². The van der Waals surface area contributed by atoms with Crippen LogP contribution in [0.25, 0.3) is 0 Å². The van der Waals surface area contributed by atoms with E-state index >= 15 is 0 Å². The van der Waals surface area contributed by atoms with Gasteiger partial charge in [-0.25, -0.2) is 0 Å². The summed E-state index contributed by atoms with van der Waals surface area (Å²) in [6.45, 7) is 0. The number of ether oxygens (including phenoxy) is 1. The van der Waals surface area contributed by atoms with Crippen molar-refractivity contribution < 1.29 is 19.1 Å². The van der Waals surface area contributed by atoms with Crippen molar-refractivity contribution >= 4 is 23.2 Å². The molecule has 1 aromatic carbocycles. The predicted octanol–water partition coefficient (Wildman–Crippen LogP) is 2.92. The average molecular weight is 335 g/mol. The Bertz CT molecular complexity index is 879. The highest BCUT2D eigenvalue weighted by Gasteiger charge is 2.61. The Morgan fingerprint density at radius 1 is 0.840 bits per heavy atom. The molecule has 25 heavy (non-hydrogen) atoms. The van der Waals surface area contributed by atoms with Gasteiger partial charge < -0.3 is 10.1 Å². The van der Waals surface area contributed by atoms with Gasteiger partial charge in [0.2, 0.25) is 5.91 Å². The van der Waals surface area contributed by atoms with Gasteiger partial charge in [-0.2, -0.15) is 0 Å². The normalized spacial score (nSPS) is 23.9. The van der Waals surface area contributed by atoms with E-state index in [1.54, 1.807) is 0 Å². The number of amides is 1. The van der Waals surface area contributed by atoms with E-state index in [9.17, 15) is 14.4 Å². The van der Waals surface area contributed by atoms with Gasteiger partial charge in [0.05, 0.1) is 11.1 Å². The summed E-state index contributed by atoms with van der Waals surface area (Å²) in [5.74, 6) is 0.687. The zero-order valence-electron chi connectivity index (χ0n) is 13.7. The number of allylic oxidation sites excluding steroid dienone is 2. The molecule has 0 bridgehead atoms. The Kier molecular flexibility index (Phi) is 2.87. The van der Waals surface area contributed by atoms with Crippen LogP contribution in [0.2, 0.25) is 0 Å². The summed E-state index contributed by atoms with van der Waals surface area (Å²) in [7, 11) is 0. The van der Waals surface area contributed by atoms with Crippen LogP contribution < -0.4 is 5.32 Å². The summed E-state index contributed by atoms with van der Waals surface area (Å²) >= 11 is 0. The number of anilines is 1. The molecule has 0 saturated heterocycles. The van der Waals surface area contributed by atoms with Gasteiger partial charge in [0, 0.05) is 36.9 Å². The first-order valence-electron chi connectivity index (χ1n) is 8.76. The van der Waals surface area contributed by atoms with E-state index in [2.05, 4.69) is 5.32 Å². The molecule has 2 heterocycles. The van der Waals surface area contributed by atoms with E-state index in [-0.39, 0.29) is 17.5 Å². The molecule has 5 rings (SSSR count). The quantitative estimate of drug-likeness (QED) is 0.791. The monoisotopic (exact) mass is 335 g/mol. The fourth-order valence-electron chi connectivity index (χ4n) is 4.70. The third-order valence-electron chi connectivity index (χ3n) is 5.65. The van der Waals surface area contributed by atoms with Crippen LogP contribution in [-0.4, -0.2) is 17.5 Å². The first kappa shape index (κ1) is 14.6. The van der Waals surface area contributed by atoms with Gasteiger partial charge in [0.15, 0.2) is 11.6 Å². The number of benzene rings is 1. The van der Waals surface area contributed by atoms with Crippen molar-refractivity contribution in [1.82, 2.24) is 0 Å². The van der Waals surface area contributed by atoms with Crippen LogP contribution in [0.15, 0.2) is 46.9 Å². The lowest BCUT2D eigenvalue weighted by molar-refractivity contribution is -0.125. The van der Waals surface area contributed by atoms with Crippen LogP contribution in [0.3, 0.4) is 0 Å². The molecule has 1 aromatic rings. The van der Waals surface area contributed by atoms with Crippen LogP contribution in [0.5, 0.6) is 0 Å². The van der Waals surface area contributed by atoms with Crippen molar-refractivity contribution in [3.05, 3.63) is 52.5 Å². The van der Waals surface area contributed by atoms with Crippen LogP contribution >= 0.6 is 0 Å². The standard InChI is InChI=1S/C20H17NO4/c22-13-7-3-9-15-17(13)20(18-14(23)8-4-10-16(18)25-15)11-5-1-2-6-12(11)21-19(20)24/h1-2,5-6H,3-4,7-10H2,(H,21,24). The lowest BCUT2D eigenvalue weighted by Gasteiger charge is -2.41. The molecule has 5 nitrogen and oxygen atoms in total. The summed E-state index contributed by atoms with van der Waals surface area (Å²) in [5, 5.41) is 2.90. The van der Waals surface area contributed by atoms with Crippen molar-refractivity contribution in [2.45, 2.75) is 43.9 Å². The maximum Gasteiger partial charge on any atom is 0.244 e. The highest BCUT2D eigenvalue weighted by atomic mass is 16.5. The van der Waals surface area contributed by atoms with Crippen molar-refractivity contribution in [3.63, 3.8) is 0 Å². The Hall–Kier alpha value is -2.69. The summed E-state index contributed by atoms with van der Waals surface area (Å²) in [4.78, 5) is 39.0. The number of fused-ring (bicyclic) bond motifs is 4. The molecular weight excluding hydrogens is 318 g/mol. The molecule has 1 N–H and O–H groups in total. The van der Waals surface area contributed by atoms with Gasteiger partial charge in [-0.15, -0.1) is 0 Å². The Morgan fingerprint density at radius 3 is 2.08 bits per heavy atom. The first-order valence-corrected chi connectivity index (χ1v) is 8.76. The van der Waals surface area contributed by atoms with Gasteiger partial charge in [-0.1, -0.05) is 18.2 Å². The molecule has 5 heteroatoms. The zero-order chi connectivity index (χ0) is 17.2. The van der Waals surface area contributed by atoms with Gasteiger partial charge in [-0.05, 0) is 18.9 Å². The second-order valence-corrected chi connectivity index (χ2v) is 7.00. The van der Waals surface area contributed by atoms with Gasteiger partial charge in [-0.3, -0.25) is 14.4 Å². The van der Waals surface area contributed by atoms with E-state index < -0.39 is 5.41 Å². The van der Waals surface area contributed by atoms with E-state index in [0.717, 1.165) is 0 Å². The maximum absolute atomic E-state index is 13.3. The Balaban J connectivity index is 1.90. The lowest BCUT2D eigenvalue weighted by Crippen LogP contribution is -2.48. The average Bonchev–Trinajstić information content (AvgIpc) is 2.88. The van der Waals surface area contributed by atoms with E-state index in [1.165, 1.54) is 0 Å². The number of hydrogen-bond acceptors (Lipinski definition) is 4. The number of nitrogens with one attached hydrogen (secondary N) is 1. The van der Waals surface area contributed by atoms with Gasteiger partial charge in [0.1, 0.15) is 16.9 Å². The van der Waals surface area contributed by atoms with E-state index in [1.807, 2.05) is 24.3 Å². The summed E-state index contributed by atoms with van der Waals surface area (Å²) in [6.07, 6.45) is 3.46. The zero-order valence-corrected chi connectivity index (χ0v) is 13.7. The van der Waals surface area contributed by atoms with Gasteiger partial charge >= 0.3 is 0 Å². The van der Waals surface area contributed by atoms with Gasteiger partial charge in [0.25, 0.3) is 0 Å². The Morgan fingerprint density at radius 2 is 1.44 bits per heavy atom. The molecule has 0 radical (unpaired) electrons. The van der Waals surface area contributed by atoms with Crippen LogP contribution in [0, 0.1) is 0 Å². The molecule has 0 atom stereocenters. The minimum Gasteiger partial charge on any atom is -0.465 e. The number of ketones is 2. The second kappa shape index (κ2) is 4.91. The fraction of sp³-hybridized carbons (Fsp3) is 0.350. The van der Waals surface area contributed by atoms with Crippen LogP contribution in [0.1, 0.15) is 44.1 Å². The van der Waals surface area contributed by atoms with Crippen LogP contribution in [0.4, 0.5) is 5.69 Å². The molecular formula is C20H17NO4. The molecule has 0 aromatic heterocycles. The third-order valence-corrected chi connectivity index (χ3v) is 5.65. The minimum atomic E-state index is -1.32. The first-order chi connectivity index (χ1) is 12.1. The molecule has 2 aliphatic heterocycles. The minimum absolute atomic E-state index is 0.0852. The number of Topliss-reactive ketones (excluding diaryl/α,β-unsaturated/α-hetero) is 2.